The molecule has 0 aliphatic carbocycles. The third-order valence-electron chi connectivity index (χ3n) is 4.04. The van der Waals surface area contributed by atoms with E-state index in [-0.39, 0.29) is 12.1 Å². The maximum Gasteiger partial charge on any atom is 0.317 e. The molecule has 0 aromatic carbocycles. The second kappa shape index (κ2) is 7.80. The second-order valence-corrected chi connectivity index (χ2v) is 5.99. The highest BCUT2D eigenvalue weighted by atomic mass is 16.2. The van der Waals surface area contributed by atoms with Crippen LogP contribution in [0.3, 0.4) is 0 Å². The van der Waals surface area contributed by atoms with Crippen LogP contribution >= 0.6 is 0 Å². The molecule has 1 atom stereocenters. The Balaban J connectivity index is 1.73. The fourth-order valence-corrected chi connectivity index (χ4v) is 2.48. The summed E-state index contributed by atoms with van der Waals surface area (Å²) in [5.74, 6) is 0. The van der Waals surface area contributed by atoms with Crippen LogP contribution in [0.5, 0.6) is 0 Å². The average molecular weight is 318 g/mol. The molecule has 0 fully saturated rings. The standard InChI is InChI=1S/C16H26N6O/c1-12(6-11-22-9-5-8-17-22)18-16(23)21(4)10-7-15-13(2)19-20-14(15)3/h5,8-9,12H,6-7,10-11H2,1-4H3,(H,18,23)(H,19,20)/t12-/m1/s1. The summed E-state index contributed by atoms with van der Waals surface area (Å²) in [5, 5.41) is 14.3. The summed E-state index contributed by atoms with van der Waals surface area (Å²) in [5.41, 5.74) is 3.27. The number of urea groups is 1. The molecule has 2 amide bonds. The molecular formula is C16H26N6O. The molecule has 2 N–H and O–H groups in total. The lowest BCUT2D eigenvalue weighted by atomic mass is 10.1. The van der Waals surface area contributed by atoms with Crippen molar-refractivity contribution in [3.63, 3.8) is 0 Å². The molecule has 0 saturated carbocycles. The minimum Gasteiger partial charge on any atom is -0.335 e. The molecule has 0 aliphatic rings. The van der Waals surface area contributed by atoms with Gasteiger partial charge in [0.25, 0.3) is 0 Å². The van der Waals surface area contributed by atoms with Gasteiger partial charge in [0.1, 0.15) is 0 Å². The first-order valence-electron chi connectivity index (χ1n) is 7.97. The summed E-state index contributed by atoms with van der Waals surface area (Å²) in [7, 11) is 1.82. The molecule has 2 heterocycles. The van der Waals surface area contributed by atoms with Gasteiger partial charge in [-0.3, -0.25) is 9.78 Å². The topological polar surface area (TPSA) is 78.8 Å². The summed E-state index contributed by atoms with van der Waals surface area (Å²) in [4.78, 5) is 13.9. The monoisotopic (exact) mass is 318 g/mol. The number of rotatable bonds is 7. The zero-order valence-corrected chi connectivity index (χ0v) is 14.3. The van der Waals surface area contributed by atoms with Crippen molar-refractivity contribution in [3.05, 3.63) is 35.4 Å². The molecular weight excluding hydrogens is 292 g/mol. The van der Waals surface area contributed by atoms with E-state index in [0.717, 1.165) is 30.8 Å². The third kappa shape index (κ3) is 4.84. The predicted octanol–water partition coefficient (Wildman–Crippen LogP) is 1.89. The summed E-state index contributed by atoms with van der Waals surface area (Å²) in [6.45, 7) is 7.47. The van der Waals surface area contributed by atoms with Crippen LogP contribution in [0.25, 0.3) is 0 Å². The van der Waals surface area contributed by atoms with Crippen molar-refractivity contribution in [1.82, 2.24) is 30.2 Å². The fraction of sp³-hybridized carbons (Fsp3) is 0.562. The summed E-state index contributed by atoms with van der Waals surface area (Å²) < 4.78 is 1.87. The second-order valence-electron chi connectivity index (χ2n) is 5.99. The van der Waals surface area contributed by atoms with Gasteiger partial charge in [-0.15, -0.1) is 0 Å². The lowest BCUT2D eigenvalue weighted by molar-refractivity contribution is 0.204. The largest absolute Gasteiger partial charge is 0.335 e. The van der Waals surface area contributed by atoms with Gasteiger partial charge in [0.05, 0.1) is 5.69 Å². The van der Waals surface area contributed by atoms with Crippen LogP contribution in [0.1, 0.15) is 30.3 Å². The smallest absolute Gasteiger partial charge is 0.317 e. The lowest BCUT2D eigenvalue weighted by Gasteiger charge is -2.21. The van der Waals surface area contributed by atoms with Crippen LogP contribution in [-0.4, -0.2) is 50.5 Å². The van der Waals surface area contributed by atoms with Crippen molar-refractivity contribution < 1.29 is 4.79 Å². The summed E-state index contributed by atoms with van der Waals surface area (Å²) >= 11 is 0. The number of hydrogen-bond donors (Lipinski definition) is 2. The van der Waals surface area contributed by atoms with E-state index in [9.17, 15) is 4.79 Å². The van der Waals surface area contributed by atoms with Gasteiger partial charge in [-0.1, -0.05) is 0 Å². The van der Waals surface area contributed by atoms with Crippen LogP contribution < -0.4 is 5.32 Å². The van der Waals surface area contributed by atoms with Gasteiger partial charge in [0.15, 0.2) is 0 Å². The molecule has 0 spiro atoms. The Morgan fingerprint density at radius 1 is 1.48 bits per heavy atom. The molecule has 23 heavy (non-hydrogen) atoms. The maximum absolute atomic E-state index is 12.2. The van der Waals surface area contributed by atoms with E-state index in [0.29, 0.717) is 6.54 Å². The number of H-pyrrole nitrogens is 1. The predicted molar refractivity (Wildman–Crippen MR) is 89.2 cm³/mol. The summed E-state index contributed by atoms with van der Waals surface area (Å²) in [6.07, 6.45) is 5.34. The minimum absolute atomic E-state index is 0.0447. The molecule has 0 bridgehead atoms. The van der Waals surface area contributed by atoms with Crippen molar-refractivity contribution in [1.29, 1.82) is 0 Å². The average Bonchev–Trinajstić information content (AvgIpc) is 3.14. The molecule has 0 aliphatic heterocycles. The molecule has 126 valence electrons. The first-order chi connectivity index (χ1) is 11.0. The molecule has 2 aromatic heterocycles. The van der Waals surface area contributed by atoms with Gasteiger partial charge in [0, 0.05) is 44.3 Å². The van der Waals surface area contributed by atoms with E-state index >= 15 is 0 Å². The molecule has 2 aromatic rings. The van der Waals surface area contributed by atoms with E-state index < -0.39 is 0 Å². The lowest BCUT2D eigenvalue weighted by Crippen LogP contribution is -2.43. The molecule has 2 rings (SSSR count). The minimum atomic E-state index is -0.0447. The molecule has 0 radical (unpaired) electrons. The van der Waals surface area contributed by atoms with Gasteiger partial charge in [-0.2, -0.15) is 10.2 Å². The molecule has 7 nitrogen and oxygen atoms in total. The normalized spacial score (nSPS) is 12.2. The number of aromatic amines is 1. The Kier molecular flexibility index (Phi) is 5.78. The number of nitrogens with one attached hydrogen (secondary N) is 2. The highest BCUT2D eigenvalue weighted by Crippen LogP contribution is 2.10. The van der Waals surface area contributed by atoms with Gasteiger partial charge in [0.2, 0.25) is 0 Å². The quantitative estimate of drug-likeness (QED) is 0.818. The number of nitrogens with zero attached hydrogens (tertiary/aromatic N) is 4. The van der Waals surface area contributed by atoms with Crippen LogP contribution in [0.2, 0.25) is 0 Å². The zero-order chi connectivity index (χ0) is 16.8. The first-order valence-corrected chi connectivity index (χ1v) is 7.97. The maximum atomic E-state index is 12.2. The van der Waals surface area contributed by atoms with Gasteiger partial charge >= 0.3 is 6.03 Å². The number of likely N-dealkylation sites (N-methyl/N-ethyl adjacent to an activating group) is 1. The highest BCUT2D eigenvalue weighted by molar-refractivity contribution is 5.74. The van der Waals surface area contributed by atoms with Crippen LogP contribution in [0.15, 0.2) is 18.5 Å². The number of carbonyl (C=O) groups excluding carboxylic acids is 1. The Morgan fingerprint density at radius 3 is 2.87 bits per heavy atom. The van der Waals surface area contributed by atoms with Crippen LogP contribution in [0, 0.1) is 13.8 Å². The Hall–Kier alpha value is -2.31. The SMILES string of the molecule is Cc1n[nH]c(C)c1CCN(C)C(=O)N[C@H](C)CCn1cccn1. The number of amides is 2. The van der Waals surface area contributed by atoms with E-state index in [1.807, 2.05) is 44.8 Å². The van der Waals surface area contributed by atoms with Gasteiger partial charge in [-0.05, 0) is 45.2 Å². The third-order valence-corrected chi connectivity index (χ3v) is 4.04. The zero-order valence-electron chi connectivity index (χ0n) is 14.3. The molecule has 7 heteroatoms. The number of aryl methyl sites for hydroxylation is 3. The van der Waals surface area contributed by atoms with Gasteiger partial charge in [-0.25, -0.2) is 4.79 Å². The Bertz CT molecular complexity index is 599. The van der Waals surface area contributed by atoms with Crippen LogP contribution in [0.4, 0.5) is 4.79 Å². The fourth-order valence-electron chi connectivity index (χ4n) is 2.48. The van der Waals surface area contributed by atoms with Crippen molar-refractivity contribution in [2.24, 2.45) is 0 Å². The van der Waals surface area contributed by atoms with E-state index in [1.165, 1.54) is 5.56 Å². The number of hydrogen-bond acceptors (Lipinski definition) is 3. The van der Waals surface area contributed by atoms with E-state index in [2.05, 4.69) is 20.6 Å². The van der Waals surface area contributed by atoms with Crippen molar-refractivity contribution in [2.45, 2.75) is 46.2 Å². The number of carbonyl (C=O) groups is 1. The van der Waals surface area contributed by atoms with E-state index in [4.69, 9.17) is 0 Å². The number of aromatic nitrogens is 4. The Labute approximate surface area is 137 Å². The molecule has 0 unspecified atom stereocenters. The molecule has 0 saturated heterocycles. The first kappa shape index (κ1) is 17.1. The Morgan fingerprint density at radius 2 is 2.26 bits per heavy atom. The van der Waals surface area contributed by atoms with Gasteiger partial charge < -0.3 is 10.2 Å². The van der Waals surface area contributed by atoms with Crippen molar-refractivity contribution >= 4 is 6.03 Å². The van der Waals surface area contributed by atoms with Crippen molar-refractivity contribution in [3.8, 4) is 0 Å². The van der Waals surface area contributed by atoms with Crippen LogP contribution in [-0.2, 0) is 13.0 Å². The van der Waals surface area contributed by atoms with E-state index in [1.54, 1.807) is 11.1 Å². The highest BCUT2D eigenvalue weighted by Gasteiger charge is 2.14. The summed E-state index contributed by atoms with van der Waals surface area (Å²) in [6, 6.07) is 1.96. The van der Waals surface area contributed by atoms with Crippen molar-refractivity contribution in [2.75, 3.05) is 13.6 Å².